The summed E-state index contributed by atoms with van der Waals surface area (Å²) in [4.78, 5) is 5.65. The van der Waals surface area contributed by atoms with E-state index in [4.69, 9.17) is 0 Å². The van der Waals surface area contributed by atoms with Gasteiger partial charge in [0.1, 0.15) is 6.07 Å². The molecule has 1 N–H and O–H groups in total. The van der Waals surface area contributed by atoms with Crippen LogP contribution in [0.3, 0.4) is 0 Å². The quantitative estimate of drug-likeness (QED) is 0.704. The Balaban J connectivity index is 1.50. The van der Waals surface area contributed by atoms with Crippen LogP contribution in [0.4, 0.5) is 0 Å². The molecule has 26 heavy (non-hydrogen) atoms. The van der Waals surface area contributed by atoms with Gasteiger partial charge in [-0.15, -0.1) is 0 Å². The monoisotopic (exact) mass is 343 g/mol. The maximum Gasteiger partial charge on any atom is 0.101 e. The first-order valence-corrected chi connectivity index (χ1v) is 9.48. The lowest BCUT2D eigenvalue weighted by molar-refractivity contribution is 0.258. The minimum Gasteiger partial charge on any atom is -0.360 e. The van der Waals surface area contributed by atoms with Crippen LogP contribution in [0.1, 0.15) is 41.9 Å². The standard InChI is InChI=1S/C23H25N3/c1-26(15-17-6-3-2-4-7-17)16-19-8-5-9-21(19)18-10-11-23-22(12-18)20(13-24)14-25-23/h2-4,6-7,10-12,14,19,21,25H,5,8-9,15-16H2,1H3/t19-,21-/m1/s1. The number of benzene rings is 2. The smallest absolute Gasteiger partial charge is 0.101 e. The van der Waals surface area contributed by atoms with Gasteiger partial charge in [-0.2, -0.15) is 5.26 Å². The van der Waals surface area contributed by atoms with Crippen molar-refractivity contribution in [1.82, 2.24) is 9.88 Å². The van der Waals surface area contributed by atoms with E-state index in [1.807, 2.05) is 6.20 Å². The Bertz CT molecular complexity index is 920. The van der Waals surface area contributed by atoms with Crippen molar-refractivity contribution >= 4 is 10.9 Å². The minimum absolute atomic E-state index is 0.596. The van der Waals surface area contributed by atoms with Crippen LogP contribution in [-0.4, -0.2) is 23.5 Å². The summed E-state index contributed by atoms with van der Waals surface area (Å²) in [5, 5.41) is 10.4. The molecule has 0 radical (unpaired) electrons. The van der Waals surface area contributed by atoms with Crippen LogP contribution in [0.15, 0.2) is 54.7 Å². The van der Waals surface area contributed by atoms with Crippen molar-refractivity contribution in [2.75, 3.05) is 13.6 Å². The van der Waals surface area contributed by atoms with Crippen LogP contribution in [0.25, 0.3) is 10.9 Å². The summed E-state index contributed by atoms with van der Waals surface area (Å²) in [6, 6.07) is 19.6. The number of nitrogens with zero attached hydrogens (tertiary/aromatic N) is 2. The van der Waals surface area contributed by atoms with E-state index in [1.54, 1.807) is 0 Å². The zero-order valence-corrected chi connectivity index (χ0v) is 15.3. The molecule has 2 atom stereocenters. The first-order valence-electron chi connectivity index (χ1n) is 9.48. The molecule has 0 amide bonds. The maximum atomic E-state index is 9.32. The highest BCUT2D eigenvalue weighted by Gasteiger charge is 2.29. The lowest BCUT2D eigenvalue weighted by atomic mass is 9.87. The molecule has 1 aromatic heterocycles. The van der Waals surface area contributed by atoms with E-state index >= 15 is 0 Å². The summed E-state index contributed by atoms with van der Waals surface area (Å²) in [5.41, 5.74) is 4.57. The molecule has 1 aliphatic carbocycles. The average molecular weight is 343 g/mol. The molecule has 0 aliphatic heterocycles. The number of hydrogen-bond donors (Lipinski definition) is 1. The fourth-order valence-corrected chi connectivity index (χ4v) is 4.52. The number of nitriles is 1. The van der Waals surface area contributed by atoms with Gasteiger partial charge in [0, 0.05) is 30.2 Å². The molecule has 0 unspecified atom stereocenters. The van der Waals surface area contributed by atoms with Crippen molar-refractivity contribution < 1.29 is 0 Å². The normalized spacial score (nSPS) is 19.9. The topological polar surface area (TPSA) is 42.8 Å². The minimum atomic E-state index is 0.596. The van der Waals surface area contributed by atoms with Crippen LogP contribution in [-0.2, 0) is 6.54 Å². The Hall–Kier alpha value is -2.57. The second kappa shape index (κ2) is 7.35. The van der Waals surface area contributed by atoms with Crippen molar-refractivity contribution in [3.05, 3.63) is 71.4 Å². The molecule has 1 heterocycles. The van der Waals surface area contributed by atoms with Crippen LogP contribution in [0, 0.1) is 17.2 Å². The SMILES string of the molecule is CN(Cc1ccccc1)C[C@H]1CCC[C@@H]1c1ccc2[nH]cc(C#N)c2c1. The molecular weight excluding hydrogens is 318 g/mol. The lowest BCUT2D eigenvalue weighted by Crippen LogP contribution is -2.26. The van der Waals surface area contributed by atoms with Gasteiger partial charge in [0.05, 0.1) is 5.56 Å². The van der Waals surface area contributed by atoms with Crippen molar-refractivity contribution in [3.8, 4) is 6.07 Å². The van der Waals surface area contributed by atoms with E-state index in [1.165, 1.54) is 30.4 Å². The maximum absolute atomic E-state index is 9.32. The zero-order valence-electron chi connectivity index (χ0n) is 15.3. The van der Waals surface area contributed by atoms with Crippen molar-refractivity contribution in [2.45, 2.75) is 31.7 Å². The largest absolute Gasteiger partial charge is 0.360 e. The molecule has 3 aromatic rings. The van der Waals surface area contributed by atoms with Gasteiger partial charge in [-0.1, -0.05) is 42.8 Å². The molecule has 1 saturated carbocycles. The number of hydrogen-bond acceptors (Lipinski definition) is 2. The van der Waals surface area contributed by atoms with Gasteiger partial charge in [-0.3, -0.25) is 0 Å². The summed E-state index contributed by atoms with van der Waals surface area (Å²) in [6.07, 6.45) is 5.65. The van der Waals surface area contributed by atoms with Gasteiger partial charge in [-0.05, 0) is 55.0 Å². The first-order chi connectivity index (χ1) is 12.7. The number of fused-ring (bicyclic) bond motifs is 1. The van der Waals surface area contributed by atoms with Crippen molar-refractivity contribution in [3.63, 3.8) is 0 Å². The van der Waals surface area contributed by atoms with Gasteiger partial charge in [-0.25, -0.2) is 0 Å². The van der Waals surface area contributed by atoms with E-state index in [0.29, 0.717) is 11.8 Å². The highest BCUT2D eigenvalue weighted by atomic mass is 15.1. The molecule has 132 valence electrons. The van der Waals surface area contributed by atoms with Crippen LogP contribution in [0.2, 0.25) is 0 Å². The number of H-pyrrole nitrogens is 1. The summed E-state index contributed by atoms with van der Waals surface area (Å²) < 4.78 is 0. The van der Waals surface area contributed by atoms with E-state index in [-0.39, 0.29) is 0 Å². The number of rotatable bonds is 5. The third-order valence-corrected chi connectivity index (χ3v) is 5.75. The Morgan fingerprint density at radius 2 is 2.00 bits per heavy atom. The fraction of sp³-hybridized carbons (Fsp3) is 0.348. The van der Waals surface area contributed by atoms with Crippen molar-refractivity contribution in [2.24, 2.45) is 5.92 Å². The van der Waals surface area contributed by atoms with Gasteiger partial charge >= 0.3 is 0 Å². The summed E-state index contributed by atoms with van der Waals surface area (Å²) >= 11 is 0. The fourth-order valence-electron chi connectivity index (χ4n) is 4.52. The predicted molar refractivity (Wildman–Crippen MR) is 106 cm³/mol. The first kappa shape index (κ1) is 16.9. The van der Waals surface area contributed by atoms with Gasteiger partial charge < -0.3 is 9.88 Å². The molecule has 0 bridgehead atoms. The summed E-state index contributed by atoms with van der Waals surface area (Å²) in [7, 11) is 2.23. The van der Waals surface area contributed by atoms with Crippen LogP contribution < -0.4 is 0 Å². The Morgan fingerprint density at radius 3 is 2.81 bits per heavy atom. The predicted octanol–water partition coefficient (Wildman–Crippen LogP) is 5.06. The number of aromatic nitrogens is 1. The van der Waals surface area contributed by atoms with Crippen LogP contribution in [0.5, 0.6) is 0 Å². The Kier molecular flexibility index (Phi) is 4.77. The van der Waals surface area contributed by atoms with Gasteiger partial charge in [0.15, 0.2) is 0 Å². The Morgan fingerprint density at radius 1 is 1.15 bits per heavy atom. The molecule has 1 aliphatic rings. The average Bonchev–Trinajstić information content (AvgIpc) is 3.28. The number of nitrogens with one attached hydrogen (secondary N) is 1. The highest BCUT2D eigenvalue weighted by Crippen LogP contribution is 2.41. The molecule has 4 rings (SSSR count). The second-order valence-corrected chi connectivity index (χ2v) is 7.60. The summed E-state index contributed by atoms with van der Waals surface area (Å²) in [5.74, 6) is 1.28. The van der Waals surface area contributed by atoms with Crippen LogP contribution >= 0.6 is 0 Å². The Labute approximate surface area is 155 Å². The van der Waals surface area contributed by atoms with Gasteiger partial charge in [0.25, 0.3) is 0 Å². The molecular formula is C23H25N3. The molecule has 3 nitrogen and oxygen atoms in total. The number of aromatic amines is 1. The van der Waals surface area contributed by atoms with E-state index in [2.05, 4.69) is 71.5 Å². The summed E-state index contributed by atoms with van der Waals surface area (Å²) in [6.45, 7) is 2.12. The molecule has 3 heteroatoms. The van der Waals surface area contributed by atoms with E-state index in [9.17, 15) is 5.26 Å². The third-order valence-electron chi connectivity index (χ3n) is 5.75. The third kappa shape index (κ3) is 3.38. The van der Waals surface area contributed by atoms with E-state index < -0.39 is 0 Å². The lowest BCUT2D eigenvalue weighted by Gasteiger charge is -2.26. The molecule has 0 spiro atoms. The van der Waals surface area contributed by atoms with Crippen molar-refractivity contribution in [1.29, 1.82) is 5.26 Å². The molecule has 1 fully saturated rings. The molecule has 0 saturated heterocycles. The van der Waals surface area contributed by atoms with Gasteiger partial charge in [0.2, 0.25) is 0 Å². The zero-order chi connectivity index (χ0) is 17.9. The second-order valence-electron chi connectivity index (χ2n) is 7.60. The van der Waals surface area contributed by atoms with E-state index in [0.717, 1.165) is 29.6 Å². The molecule has 2 aromatic carbocycles. The highest BCUT2D eigenvalue weighted by molar-refractivity contribution is 5.86.